The van der Waals surface area contributed by atoms with Crippen molar-refractivity contribution < 1.29 is 4.57 Å². The fraction of sp³-hybridized carbons (Fsp3) is 0. The lowest BCUT2D eigenvalue weighted by Crippen LogP contribution is -1.67. The van der Waals surface area contributed by atoms with Crippen LogP contribution in [-0.2, 0) is 4.57 Å². The molecule has 0 N–H and O–H groups in total. The van der Waals surface area contributed by atoms with E-state index in [0.717, 1.165) is 0 Å². The summed E-state index contributed by atoms with van der Waals surface area (Å²) >= 11 is 0. The highest BCUT2D eigenvalue weighted by atomic mass is 31.0. The molecule has 8 rings (SSSR count). The Hall–Kier alpha value is -5.10. The van der Waals surface area contributed by atoms with Crippen LogP contribution < -0.4 is 0 Å². The normalized spacial score (nSPS) is 9.62. The quantitative estimate of drug-likeness (QED) is 0.169. The van der Waals surface area contributed by atoms with Crippen molar-refractivity contribution in [2.45, 2.75) is 0 Å². The molecule has 0 atom stereocenters. The van der Waals surface area contributed by atoms with Gasteiger partial charge in [-0.15, -0.1) is 0 Å². The number of hydrogen-bond acceptors (Lipinski definition) is 1. The lowest BCUT2D eigenvalue weighted by molar-refractivity contribution is 0.607. The summed E-state index contributed by atoms with van der Waals surface area (Å²) in [6, 6.07) is 66.9. The molecular weight excluding hydrogens is 527 g/mol. The molecule has 8 aromatic rings. The van der Waals surface area contributed by atoms with Crippen molar-refractivity contribution in [1.82, 2.24) is 0 Å². The first-order valence-corrected chi connectivity index (χ1v) is 14.2. The highest BCUT2D eigenvalue weighted by Crippen LogP contribution is 2.13. The number of hydrogen-bond donors (Lipinski definition) is 0. The van der Waals surface area contributed by atoms with Crippen LogP contribution in [0, 0.1) is 0 Å². The molecule has 0 aliphatic heterocycles. The Morgan fingerprint density at radius 2 is 0.262 bits per heavy atom. The molecule has 1 nitrogen and oxygen atoms in total. The third-order valence-electron chi connectivity index (χ3n) is 6.63. The first-order valence-electron chi connectivity index (χ1n) is 13.8. The van der Waals surface area contributed by atoms with Crippen molar-refractivity contribution in [1.29, 1.82) is 0 Å². The molecule has 0 aromatic heterocycles. The molecule has 0 heterocycles. The fourth-order valence-electron chi connectivity index (χ4n) is 4.53. The molecule has 0 radical (unpaired) electrons. The Morgan fingerprint density at radius 1 is 0.190 bits per heavy atom. The van der Waals surface area contributed by atoms with Gasteiger partial charge in [-0.05, 0) is 43.1 Å². The Labute approximate surface area is 250 Å². The molecule has 0 saturated carbocycles. The molecule has 0 amide bonds. The Bertz CT molecular complexity index is 1400. The van der Waals surface area contributed by atoms with Crippen molar-refractivity contribution in [3.8, 4) is 0 Å². The molecule has 2 heteroatoms. The van der Waals surface area contributed by atoms with Gasteiger partial charge in [0.15, 0.2) is 0 Å². The first-order chi connectivity index (χ1) is 20.9. The minimum atomic E-state index is 1.31. The van der Waals surface area contributed by atoms with E-state index in [4.69, 9.17) is 4.57 Å². The average molecular weight is 561 g/mol. The van der Waals surface area contributed by atoms with Gasteiger partial charge in [0.25, 0.3) is 0 Å². The van der Waals surface area contributed by atoms with Crippen LogP contribution in [0.3, 0.4) is 0 Å². The van der Waals surface area contributed by atoms with E-state index >= 15 is 0 Å². The van der Waals surface area contributed by atoms with Crippen molar-refractivity contribution in [3.63, 3.8) is 0 Å². The lowest BCUT2D eigenvalue weighted by Gasteiger charge is -1.92. The SMILES string of the molecule is O=P.c1ccc2ccccc2c1.c1ccc2ccccc2c1.c1ccc2ccccc2c1.c1ccc2ccccc2c1. The summed E-state index contributed by atoms with van der Waals surface area (Å²) in [5.74, 6) is 0. The predicted octanol–water partition coefficient (Wildman–Crippen LogP) is 11.8. The van der Waals surface area contributed by atoms with E-state index in [0.29, 0.717) is 0 Å². The van der Waals surface area contributed by atoms with E-state index < -0.39 is 0 Å². The van der Waals surface area contributed by atoms with Crippen LogP contribution in [-0.4, -0.2) is 0 Å². The van der Waals surface area contributed by atoms with Gasteiger partial charge < -0.3 is 0 Å². The van der Waals surface area contributed by atoms with Crippen molar-refractivity contribution in [2.75, 3.05) is 0 Å². The topological polar surface area (TPSA) is 17.1 Å². The molecule has 0 unspecified atom stereocenters. The van der Waals surface area contributed by atoms with Gasteiger partial charge in [-0.2, -0.15) is 0 Å². The summed E-state index contributed by atoms with van der Waals surface area (Å²) in [5.41, 5.74) is 0. The van der Waals surface area contributed by atoms with Gasteiger partial charge in [-0.25, -0.2) is 0 Å². The Morgan fingerprint density at radius 3 is 0.333 bits per heavy atom. The minimum absolute atomic E-state index is 1.31. The molecule has 0 aliphatic rings. The molecule has 0 bridgehead atoms. The maximum absolute atomic E-state index is 8.06. The number of benzene rings is 8. The van der Waals surface area contributed by atoms with Crippen LogP contribution in [0.1, 0.15) is 0 Å². The third-order valence-corrected chi connectivity index (χ3v) is 6.63. The summed E-state index contributed by atoms with van der Waals surface area (Å²) in [6.45, 7) is 0. The molecule has 204 valence electrons. The van der Waals surface area contributed by atoms with E-state index in [9.17, 15) is 0 Å². The van der Waals surface area contributed by atoms with Crippen LogP contribution >= 0.6 is 9.12 Å². The summed E-state index contributed by atoms with van der Waals surface area (Å²) in [7, 11) is 1.72. The highest BCUT2D eigenvalue weighted by Gasteiger charge is 1.87. The highest BCUT2D eigenvalue weighted by molar-refractivity contribution is 7.00. The van der Waals surface area contributed by atoms with Gasteiger partial charge in [-0.1, -0.05) is 194 Å². The van der Waals surface area contributed by atoms with Gasteiger partial charge in [0.1, 0.15) is 9.12 Å². The number of rotatable bonds is 0. The number of fused-ring (bicyclic) bond motifs is 4. The van der Waals surface area contributed by atoms with Gasteiger partial charge in [0, 0.05) is 0 Å². The average Bonchev–Trinajstić information content (AvgIpc) is 3.10. The zero-order valence-electron chi connectivity index (χ0n) is 23.4. The minimum Gasteiger partial charge on any atom is -0.279 e. The second-order valence-corrected chi connectivity index (χ2v) is 9.39. The van der Waals surface area contributed by atoms with Crippen molar-refractivity contribution >= 4 is 52.2 Å². The van der Waals surface area contributed by atoms with Gasteiger partial charge >= 0.3 is 0 Å². The van der Waals surface area contributed by atoms with Crippen molar-refractivity contribution in [2.24, 2.45) is 0 Å². The van der Waals surface area contributed by atoms with E-state index in [1.54, 1.807) is 9.12 Å². The maximum atomic E-state index is 8.06. The zero-order chi connectivity index (χ0) is 29.2. The van der Waals surface area contributed by atoms with E-state index in [1.165, 1.54) is 43.1 Å². The Kier molecular flexibility index (Phi) is 12.0. The molecular formula is C40H33OP. The summed E-state index contributed by atoms with van der Waals surface area (Å²) in [6.07, 6.45) is 0. The summed E-state index contributed by atoms with van der Waals surface area (Å²) in [4.78, 5) is 0. The van der Waals surface area contributed by atoms with Gasteiger partial charge in [0.05, 0.1) is 0 Å². The second-order valence-electron chi connectivity index (χ2n) is 9.39. The molecule has 0 saturated heterocycles. The van der Waals surface area contributed by atoms with E-state index in [1.807, 2.05) is 0 Å². The molecule has 0 spiro atoms. The predicted molar refractivity (Wildman–Crippen MR) is 185 cm³/mol. The van der Waals surface area contributed by atoms with Crippen LogP contribution in [0.4, 0.5) is 0 Å². The maximum Gasteiger partial charge on any atom is 0.138 e. The lowest BCUT2D eigenvalue weighted by atomic mass is 10.1. The van der Waals surface area contributed by atoms with E-state index in [-0.39, 0.29) is 0 Å². The Balaban J connectivity index is 0.000000126. The summed E-state index contributed by atoms with van der Waals surface area (Å²) < 4.78 is 8.06. The summed E-state index contributed by atoms with van der Waals surface area (Å²) in [5, 5.41) is 10.5. The fourth-order valence-corrected chi connectivity index (χ4v) is 4.53. The second kappa shape index (κ2) is 16.9. The van der Waals surface area contributed by atoms with Crippen LogP contribution in [0.25, 0.3) is 43.1 Å². The zero-order valence-corrected chi connectivity index (χ0v) is 24.4. The van der Waals surface area contributed by atoms with Crippen molar-refractivity contribution in [3.05, 3.63) is 194 Å². The van der Waals surface area contributed by atoms with Gasteiger partial charge in [0.2, 0.25) is 0 Å². The first kappa shape index (κ1) is 29.9. The van der Waals surface area contributed by atoms with E-state index in [2.05, 4.69) is 194 Å². The van der Waals surface area contributed by atoms with Crippen LogP contribution in [0.2, 0.25) is 0 Å². The standard InChI is InChI=1S/4C10H8.HOP/c4*1-2-6-10-8-4-3-7-9(10)5-1;1-2/h4*1-8H;2H. The van der Waals surface area contributed by atoms with Crippen LogP contribution in [0.5, 0.6) is 0 Å². The smallest absolute Gasteiger partial charge is 0.138 e. The molecule has 0 aliphatic carbocycles. The molecule has 0 fully saturated rings. The molecule has 8 aromatic carbocycles. The van der Waals surface area contributed by atoms with Gasteiger partial charge in [-0.3, -0.25) is 4.57 Å². The van der Waals surface area contributed by atoms with Crippen LogP contribution in [0.15, 0.2) is 194 Å². The monoisotopic (exact) mass is 560 g/mol. The molecule has 42 heavy (non-hydrogen) atoms. The third kappa shape index (κ3) is 8.96. The largest absolute Gasteiger partial charge is 0.279 e.